The predicted molar refractivity (Wildman–Crippen MR) is 57.3 cm³/mol. The SMILES string of the molecule is CC[C@@](OCCO)(OC[C@H](O)[C@@H](C)O)C(=O)O. The Labute approximate surface area is 99.6 Å². The minimum atomic E-state index is -1.90. The van der Waals surface area contributed by atoms with Gasteiger partial charge in [0, 0.05) is 6.42 Å². The van der Waals surface area contributed by atoms with Crippen LogP contribution in [0.15, 0.2) is 0 Å². The Morgan fingerprint density at radius 2 is 1.94 bits per heavy atom. The van der Waals surface area contributed by atoms with E-state index in [9.17, 15) is 9.90 Å². The summed E-state index contributed by atoms with van der Waals surface area (Å²) in [6.07, 6.45) is -2.22. The Hall–Kier alpha value is -0.730. The van der Waals surface area contributed by atoms with Crippen LogP contribution in [0.25, 0.3) is 0 Å². The first-order valence-corrected chi connectivity index (χ1v) is 5.38. The van der Waals surface area contributed by atoms with Gasteiger partial charge < -0.3 is 29.9 Å². The lowest BCUT2D eigenvalue weighted by Gasteiger charge is -2.29. The molecule has 7 nitrogen and oxygen atoms in total. The van der Waals surface area contributed by atoms with Crippen LogP contribution in [0.1, 0.15) is 20.3 Å². The second kappa shape index (κ2) is 7.57. The molecule has 0 saturated heterocycles. The number of hydrogen-bond donors (Lipinski definition) is 4. The van der Waals surface area contributed by atoms with E-state index in [0.29, 0.717) is 0 Å². The molecule has 17 heavy (non-hydrogen) atoms. The Bertz CT molecular complexity index is 231. The molecule has 7 heteroatoms. The standard InChI is InChI=1S/C10H20O7/c1-3-10(9(14)15,16-5-4-11)17-6-8(13)7(2)12/h7-8,11-13H,3-6H2,1-2H3,(H,14,15)/t7-,8+,10-/m1/s1. The van der Waals surface area contributed by atoms with Gasteiger partial charge in [-0.05, 0) is 6.92 Å². The summed E-state index contributed by atoms with van der Waals surface area (Å²) < 4.78 is 9.98. The lowest BCUT2D eigenvalue weighted by atomic mass is 10.2. The van der Waals surface area contributed by atoms with Crippen molar-refractivity contribution in [1.29, 1.82) is 0 Å². The van der Waals surface area contributed by atoms with E-state index in [1.54, 1.807) is 6.92 Å². The number of hydrogen-bond acceptors (Lipinski definition) is 6. The zero-order chi connectivity index (χ0) is 13.5. The maximum atomic E-state index is 11.1. The molecule has 0 heterocycles. The van der Waals surface area contributed by atoms with E-state index >= 15 is 0 Å². The molecule has 0 radical (unpaired) electrons. The first kappa shape index (κ1) is 16.3. The first-order valence-electron chi connectivity index (χ1n) is 5.38. The molecule has 0 aromatic heterocycles. The molecule has 102 valence electrons. The van der Waals surface area contributed by atoms with Gasteiger partial charge in [0.05, 0.1) is 25.9 Å². The van der Waals surface area contributed by atoms with Crippen LogP contribution in [0.4, 0.5) is 0 Å². The van der Waals surface area contributed by atoms with Crippen LogP contribution in [-0.2, 0) is 14.3 Å². The molecule has 4 N–H and O–H groups in total. The number of carbonyl (C=O) groups is 1. The fraction of sp³-hybridized carbons (Fsp3) is 0.900. The fourth-order valence-corrected chi connectivity index (χ4v) is 1.09. The predicted octanol–water partition coefficient (Wildman–Crippen LogP) is -1.06. The second-order valence-corrected chi connectivity index (χ2v) is 3.60. The van der Waals surface area contributed by atoms with Gasteiger partial charge in [0.15, 0.2) is 0 Å². The minimum absolute atomic E-state index is 0.00879. The maximum absolute atomic E-state index is 11.1. The molecule has 0 saturated carbocycles. The molecule has 3 atom stereocenters. The summed E-state index contributed by atoms with van der Waals surface area (Å²) in [7, 11) is 0. The van der Waals surface area contributed by atoms with Gasteiger partial charge in [0.25, 0.3) is 5.79 Å². The lowest BCUT2D eigenvalue weighted by Crippen LogP contribution is -2.47. The van der Waals surface area contributed by atoms with Crippen LogP contribution >= 0.6 is 0 Å². The number of aliphatic hydroxyl groups is 3. The van der Waals surface area contributed by atoms with E-state index in [4.69, 9.17) is 24.8 Å². The van der Waals surface area contributed by atoms with Gasteiger partial charge in [-0.1, -0.05) is 6.92 Å². The van der Waals surface area contributed by atoms with Crippen LogP contribution < -0.4 is 0 Å². The zero-order valence-electron chi connectivity index (χ0n) is 10.00. The largest absolute Gasteiger partial charge is 0.477 e. The molecule has 0 amide bonds. The Morgan fingerprint density at radius 3 is 2.29 bits per heavy atom. The van der Waals surface area contributed by atoms with E-state index in [-0.39, 0.29) is 26.2 Å². The van der Waals surface area contributed by atoms with E-state index in [0.717, 1.165) is 0 Å². The smallest absolute Gasteiger partial charge is 0.364 e. The summed E-state index contributed by atoms with van der Waals surface area (Å²) in [6.45, 7) is 2.00. The van der Waals surface area contributed by atoms with Crippen molar-refractivity contribution in [3.05, 3.63) is 0 Å². The molecule has 0 spiro atoms. The van der Waals surface area contributed by atoms with E-state index in [1.165, 1.54) is 6.92 Å². The molecular formula is C10H20O7. The van der Waals surface area contributed by atoms with Gasteiger partial charge >= 0.3 is 5.97 Å². The summed E-state index contributed by atoms with van der Waals surface area (Å²) in [5.74, 6) is -3.25. The summed E-state index contributed by atoms with van der Waals surface area (Å²) in [5.41, 5.74) is 0. The van der Waals surface area contributed by atoms with Crippen LogP contribution in [0, 0.1) is 0 Å². The van der Waals surface area contributed by atoms with E-state index in [2.05, 4.69) is 0 Å². The molecule has 0 aliphatic carbocycles. The Morgan fingerprint density at radius 1 is 1.35 bits per heavy atom. The van der Waals surface area contributed by atoms with Gasteiger partial charge in [-0.2, -0.15) is 0 Å². The van der Waals surface area contributed by atoms with Crippen LogP contribution in [0.5, 0.6) is 0 Å². The third-order valence-electron chi connectivity index (χ3n) is 2.26. The van der Waals surface area contributed by atoms with Crippen molar-refractivity contribution < 1.29 is 34.7 Å². The summed E-state index contributed by atoms with van der Waals surface area (Å²) in [4.78, 5) is 11.1. The number of carboxylic acids is 1. The number of ether oxygens (including phenoxy) is 2. The molecule has 0 aliphatic rings. The normalized spacial score (nSPS) is 18.4. The summed E-state index contributed by atoms with van der Waals surface area (Å²) in [5, 5.41) is 36.0. The van der Waals surface area contributed by atoms with E-state index < -0.39 is 24.0 Å². The third kappa shape index (κ3) is 4.97. The average molecular weight is 252 g/mol. The van der Waals surface area contributed by atoms with Gasteiger partial charge in [0.2, 0.25) is 0 Å². The van der Waals surface area contributed by atoms with Crippen LogP contribution in [-0.4, -0.2) is 64.2 Å². The quantitative estimate of drug-likeness (QED) is 0.387. The van der Waals surface area contributed by atoms with Gasteiger partial charge in [0.1, 0.15) is 6.10 Å². The van der Waals surface area contributed by atoms with Crippen molar-refractivity contribution in [2.75, 3.05) is 19.8 Å². The molecule has 0 unspecified atom stereocenters. The number of aliphatic carboxylic acids is 1. The van der Waals surface area contributed by atoms with Gasteiger partial charge in [-0.25, -0.2) is 4.79 Å². The molecule has 0 rings (SSSR count). The second-order valence-electron chi connectivity index (χ2n) is 3.60. The number of carboxylic acid groups (broad SMARTS) is 1. The Balaban J connectivity index is 4.52. The van der Waals surface area contributed by atoms with Crippen molar-refractivity contribution in [3.8, 4) is 0 Å². The molecule has 0 aromatic rings. The van der Waals surface area contributed by atoms with Crippen molar-refractivity contribution in [2.24, 2.45) is 0 Å². The Kier molecular flexibility index (Phi) is 7.24. The van der Waals surface area contributed by atoms with Crippen molar-refractivity contribution in [1.82, 2.24) is 0 Å². The van der Waals surface area contributed by atoms with Crippen LogP contribution in [0.2, 0.25) is 0 Å². The summed E-state index contributed by atoms with van der Waals surface area (Å²) >= 11 is 0. The van der Waals surface area contributed by atoms with Crippen molar-refractivity contribution in [2.45, 2.75) is 38.3 Å². The molecule has 0 bridgehead atoms. The maximum Gasteiger partial charge on any atom is 0.364 e. The molecular weight excluding hydrogens is 232 g/mol. The highest BCUT2D eigenvalue weighted by molar-refractivity contribution is 5.75. The minimum Gasteiger partial charge on any atom is -0.477 e. The molecule has 0 aromatic carbocycles. The average Bonchev–Trinajstić information content (AvgIpc) is 2.29. The number of aliphatic hydroxyl groups excluding tert-OH is 3. The van der Waals surface area contributed by atoms with E-state index in [1.807, 2.05) is 0 Å². The fourth-order valence-electron chi connectivity index (χ4n) is 1.09. The van der Waals surface area contributed by atoms with Crippen LogP contribution in [0.3, 0.4) is 0 Å². The van der Waals surface area contributed by atoms with Crippen molar-refractivity contribution >= 4 is 5.97 Å². The molecule has 0 fully saturated rings. The monoisotopic (exact) mass is 252 g/mol. The summed E-state index contributed by atoms with van der Waals surface area (Å²) in [6, 6.07) is 0. The first-order chi connectivity index (χ1) is 7.89. The van der Waals surface area contributed by atoms with Gasteiger partial charge in [-0.15, -0.1) is 0 Å². The highest BCUT2D eigenvalue weighted by Crippen LogP contribution is 2.19. The lowest BCUT2D eigenvalue weighted by molar-refractivity contribution is -0.256. The highest BCUT2D eigenvalue weighted by atomic mass is 16.7. The van der Waals surface area contributed by atoms with Crippen molar-refractivity contribution in [3.63, 3.8) is 0 Å². The van der Waals surface area contributed by atoms with Gasteiger partial charge in [-0.3, -0.25) is 0 Å². The molecule has 0 aliphatic heterocycles. The topological polar surface area (TPSA) is 116 Å². The number of rotatable bonds is 9. The zero-order valence-corrected chi connectivity index (χ0v) is 10.00. The highest BCUT2D eigenvalue weighted by Gasteiger charge is 2.40. The third-order valence-corrected chi connectivity index (χ3v) is 2.26.